The van der Waals surface area contributed by atoms with E-state index in [1.807, 2.05) is 35.2 Å². The maximum Gasteiger partial charge on any atom is 0.273 e. The molecule has 1 spiro atoms. The smallest absolute Gasteiger partial charge is 0.273 e. The largest absolute Gasteiger partial charge is 0.367 e. The molecule has 4 heteroatoms. The van der Waals surface area contributed by atoms with E-state index in [9.17, 15) is 4.79 Å². The van der Waals surface area contributed by atoms with Gasteiger partial charge in [0.05, 0.1) is 13.2 Å². The van der Waals surface area contributed by atoms with Gasteiger partial charge >= 0.3 is 0 Å². The lowest BCUT2D eigenvalue weighted by Gasteiger charge is -2.41. The predicted octanol–water partition coefficient (Wildman–Crippen LogP) is 3.55. The molecule has 1 saturated heterocycles. The number of amides is 1. The average Bonchev–Trinajstić information content (AvgIpc) is 3.05. The fourth-order valence-electron chi connectivity index (χ4n) is 4.37. The van der Waals surface area contributed by atoms with E-state index in [1.165, 1.54) is 11.1 Å². The average molecular weight is 344 g/mol. The second-order valence-corrected chi connectivity index (χ2v) is 7.11. The van der Waals surface area contributed by atoms with Crippen molar-refractivity contribution in [2.45, 2.75) is 18.4 Å². The number of carbonyl (C=O) groups excluding carboxylic acids is 1. The van der Waals surface area contributed by atoms with Crippen LogP contribution in [-0.4, -0.2) is 35.5 Å². The minimum Gasteiger partial charge on any atom is -0.367 e. The van der Waals surface area contributed by atoms with Gasteiger partial charge in [0.2, 0.25) is 0 Å². The number of hydrogen-bond donors (Lipinski definition) is 0. The first-order chi connectivity index (χ1) is 12.8. The van der Waals surface area contributed by atoms with Crippen molar-refractivity contribution < 1.29 is 9.53 Å². The fourth-order valence-corrected chi connectivity index (χ4v) is 4.37. The fraction of sp³-hybridized carbons (Fsp3) is 0.273. The molecule has 2 aromatic carbocycles. The number of aryl methyl sites for hydroxylation is 1. The Kier molecular flexibility index (Phi) is 3.54. The Bertz CT molecular complexity index is 991. The molecule has 3 aromatic rings. The minimum atomic E-state index is -0.366. The monoisotopic (exact) mass is 344 g/mol. The Balaban J connectivity index is 1.50. The Labute approximate surface area is 152 Å². The highest BCUT2D eigenvalue weighted by Crippen LogP contribution is 2.42. The first-order valence-electron chi connectivity index (χ1n) is 9.12. The number of aromatic nitrogens is 1. The summed E-state index contributed by atoms with van der Waals surface area (Å²) in [5.41, 5.74) is 2.75. The van der Waals surface area contributed by atoms with E-state index in [0.717, 1.165) is 23.6 Å². The Morgan fingerprint density at radius 2 is 1.92 bits per heavy atom. The third kappa shape index (κ3) is 2.33. The van der Waals surface area contributed by atoms with Crippen LogP contribution >= 0.6 is 0 Å². The van der Waals surface area contributed by atoms with E-state index in [-0.39, 0.29) is 11.5 Å². The summed E-state index contributed by atoms with van der Waals surface area (Å²) in [5, 5.41) is 1.95. The van der Waals surface area contributed by atoms with Gasteiger partial charge in [-0.15, -0.1) is 0 Å². The number of morpholine rings is 1. The van der Waals surface area contributed by atoms with Gasteiger partial charge in [-0.2, -0.15) is 0 Å². The van der Waals surface area contributed by atoms with Crippen LogP contribution in [0.25, 0.3) is 10.8 Å². The first-order valence-corrected chi connectivity index (χ1v) is 9.12. The quantitative estimate of drug-likeness (QED) is 0.678. The van der Waals surface area contributed by atoms with E-state index < -0.39 is 0 Å². The summed E-state index contributed by atoms with van der Waals surface area (Å²) in [4.78, 5) is 19.6. The molecule has 0 radical (unpaired) electrons. The molecule has 26 heavy (non-hydrogen) atoms. The van der Waals surface area contributed by atoms with Crippen LogP contribution in [0.2, 0.25) is 0 Å². The summed E-state index contributed by atoms with van der Waals surface area (Å²) in [6.07, 6.45) is 3.65. The zero-order valence-corrected chi connectivity index (χ0v) is 14.5. The number of carbonyl (C=O) groups is 1. The SMILES string of the molecule is O=C(c1nccc2ccccc12)N1CCOC2(CCc3ccccc32)C1. The molecule has 1 atom stereocenters. The van der Waals surface area contributed by atoms with Gasteiger partial charge in [0, 0.05) is 18.1 Å². The molecule has 0 saturated carbocycles. The topological polar surface area (TPSA) is 42.4 Å². The van der Waals surface area contributed by atoms with Gasteiger partial charge < -0.3 is 9.64 Å². The molecule has 2 heterocycles. The molecule has 1 amide bonds. The lowest BCUT2D eigenvalue weighted by atomic mass is 9.93. The summed E-state index contributed by atoms with van der Waals surface area (Å²) in [6.45, 7) is 1.76. The van der Waals surface area contributed by atoms with Gasteiger partial charge in [0.1, 0.15) is 11.3 Å². The highest BCUT2D eigenvalue weighted by molar-refractivity contribution is 6.05. The number of ether oxygens (including phenoxy) is 1. The normalized spacial score (nSPS) is 21.9. The molecule has 1 aliphatic heterocycles. The second kappa shape index (κ2) is 5.92. The molecule has 0 bridgehead atoms. The number of rotatable bonds is 1. The first kappa shape index (κ1) is 15.5. The molecule has 5 rings (SSSR count). The van der Waals surface area contributed by atoms with Crippen LogP contribution < -0.4 is 0 Å². The van der Waals surface area contributed by atoms with Crippen LogP contribution in [0.15, 0.2) is 60.8 Å². The van der Waals surface area contributed by atoms with Crippen molar-refractivity contribution in [1.29, 1.82) is 0 Å². The highest BCUT2D eigenvalue weighted by atomic mass is 16.5. The van der Waals surface area contributed by atoms with Crippen molar-refractivity contribution in [2.24, 2.45) is 0 Å². The maximum absolute atomic E-state index is 13.3. The van der Waals surface area contributed by atoms with Crippen molar-refractivity contribution in [3.05, 3.63) is 77.6 Å². The minimum absolute atomic E-state index is 0.00569. The van der Waals surface area contributed by atoms with Crippen LogP contribution in [0.1, 0.15) is 28.0 Å². The van der Waals surface area contributed by atoms with Gasteiger partial charge in [-0.05, 0) is 35.4 Å². The summed E-state index contributed by atoms with van der Waals surface area (Å²) < 4.78 is 6.24. The van der Waals surface area contributed by atoms with Crippen molar-refractivity contribution >= 4 is 16.7 Å². The molecule has 1 unspecified atom stereocenters. The molecule has 1 aromatic heterocycles. The molecule has 1 aliphatic carbocycles. The summed E-state index contributed by atoms with van der Waals surface area (Å²) >= 11 is 0. The maximum atomic E-state index is 13.3. The van der Waals surface area contributed by atoms with Gasteiger partial charge in [-0.25, -0.2) is 0 Å². The van der Waals surface area contributed by atoms with E-state index in [4.69, 9.17) is 4.74 Å². The lowest BCUT2D eigenvalue weighted by Crippen LogP contribution is -2.51. The number of nitrogens with zero attached hydrogens (tertiary/aromatic N) is 2. The lowest BCUT2D eigenvalue weighted by molar-refractivity contribution is -0.104. The summed E-state index contributed by atoms with van der Waals surface area (Å²) in [6, 6.07) is 18.3. The summed E-state index contributed by atoms with van der Waals surface area (Å²) in [7, 11) is 0. The Morgan fingerprint density at radius 1 is 1.08 bits per heavy atom. The van der Waals surface area contributed by atoms with Gasteiger partial charge in [-0.1, -0.05) is 48.5 Å². The summed E-state index contributed by atoms with van der Waals surface area (Å²) in [5.74, 6) is -0.00569. The van der Waals surface area contributed by atoms with Crippen LogP contribution in [0, 0.1) is 0 Å². The number of hydrogen-bond acceptors (Lipinski definition) is 3. The van der Waals surface area contributed by atoms with Crippen molar-refractivity contribution in [3.63, 3.8) is 0 Å². The van der Waals surface area contributed by atoms with Crippen molar-refractivity contribution in [1.82, 2.24) is 9.88 Å². The Hall–Kier alpha value is -2.72. The van der Waals surface area contributed by atoms with E-state index in [0.29, 0.717) is 25.4 Å². The molecule has 130 valence electrons. The van der Waals surface area contributed by atoms with Gasteiger partial charge in [0.15, 0.2) is 0 Å². The predicted molar refractivity (Wildman–Crippen MR) is 100 cm³/mol. The van der Waals surface area contributed by atoms with Crippen molar-refractivity contribution in [3.8, 4) is 0 Å². The number of benzene rings is 2. The zero-order valence-electron chi connectivity index (χ0n) is 14.5. The third-order valence-corrected chi connectivity index (χ3v) is 5.66. The van der Waals surface area contributed by atoms with Gasteiger partial charge in [0.25, 0.3) is 5.91 Å². The molecule has 4 nitrogen and oxygen atoms in total. The zero-order chi connectivity index (χ0) is 17.6. The molecular formula is C22H20N2O2. The highest BCUT2D eigenvalue weighted by Gasteiger charge is 2.44. The van der Waals surface area contributed by atoms with E-state index in [1.54, 1.807) is 6.20 Å². The molecule has 0 N–H and O–H groups in total. The van der Waals surface area contributed by atoms with Crippen LogP contribution in [0.4, 0.5) is 0 Å². The standard InChI is InChI=1S/C22H20N2O2/c25-21(20-18-7-3-1-5-16(18)10-12-23-20)24-13-14-26-22(15-24)11-9-17-6-2-4-8-19(17)22/h1-8,10,12H,9,11,13-15H2. The molecular weight excluding hydrogens is 324 g/mol. The third-order valence-electron chi connectivity index (χ3n) is 5.66. The Morgan fingerprint density at radius 3 is 2.88 bits per heavy atom. The van der Waals surface area contributed by atoms with E-state index in [2.05, 4.69) is 29.2 Å². The molecule has 1 fully saturated rings. The van der Waals surface area contributed by atoms with Gasteiger partial charge in [-0.3, -0.25) is 9.78 Å². The van der Waals surface area contributed by atoms with Crippen LogP contribution in [0.5, 0.6) is 0 Å². The molecule has 2 aliphatic rings. The van der Waals surface area contributed by atoms with Crippen LogP contribution in [0.3, 0.4) is 0 Å². The van der Waals surface area contributed by atoms with E-state index >= 15 is 0 Å². The number of pyridine rings is 1. The second-order valence-electron chi connectivity index (χ2n) is 7.11. The van der Waals surface area contributed by atoms with Crippen LogP contribution in [-0.2, 0) is 16.8 Å². The number of fused-ring (bicyclic) bond motifs is 3. The van der Waals surface area contributed by atoms with Crippen molar-refractivity contribution in [2.75, 3.05) is 19.7 Å².